The Hall–Kier alpha value is -2.86. The number of hydrazone groups is 1. The van der Waals surface area contributed by atoms with E-state index in [0.29, 0.717) is 6.61 Å². The van der Waals surface area contributed by atoms with Crippen molar-refractivity contribution in [3.8, 4) is 11.5 Å². The van der Waals surface area contributed by atoms with Crippen LogP contribution in [0.15, 0.2) is 76.3 Å². The van der Waals surface area contributed by atoms with Gasteiger partial charge in [0.25, 0.3) is 0 Å². The van der Waals surface area contributed by atoms with E-state index in [2.05, 4.69) is 22.0 Å². The lowest BCUT2D eigenvalue weighted by Gasteiger charge is -2.38. The third kappa shape index (κ3) is 3.45. The van der Waals surface area contributed by atoms with Crippen molar-refractivity contribution in [3.05, 3.63) is 93.7 Å². The number of fused-ring (bicyclic) bond motifs is 3. The standard InChI is InChI=1S/C24H20BrFN2O2/c1-2-29-19-10-5-16(6-11-19)24-28-22(20-13-17(25)7-12-23(20)30-24)14-21(27-28)15-3-8-18(26)9-4-15/h3-13,22,24H,2,14H2,1H3/t22-,24-/m0/s1. The molecule has 2 heterocycles. The zero-order chi connectivity index (χ0) is 20.7. The maximum Gasteiger partial charge on any atom is 0.213 e. The van der Waals surface area contributed by atoms with Gasteiger partial charge in [0.15, 0.2) is 0 Å². The summed E-state index contributed by atoms with van der Waals surface area (Å²) >= 11 is 3.57. The lowest BCUT2D eigenvalue weighted by Crippen LogP contribution is -2.33. The van der Waals surface area contributed by atoms with Gasteiger partial charge in [-0.3, -0.25) is 0 Å². The molecule has 152 valence electrons. The third-order valence-corrected chi connectivity index (χ3v) is 5.90. The van der Waals surface area contributed by atoms with Crippen molar-refractivity contribution in [2.45, 2.75) is 25.6 Å². The Labute approximate surface area is 183 Å². The van der Waals surface area contributed by atoms with E-state index in [4.69, 9.17) is 14.6 Å². The molecule has 2 aliphatic rings. The zero-order valence-corrected chi connectivity index (χ0v) is 18.0. The predicted molar refractivity (Wildman–Crippen MR) is 117 cm³/mol. The Morgan fingerprint density at radius 1 is 1.10 bits per heavy atom. The van der Waals surface area contributed by atoms with Crippen molar-refractivity contribution in [1.82, 2.24) is 5.01 Å². The summed E-state index contributed by atoms with van der Waals surface area (Å²) in [6.45, 7) is 2.59. The second kappa shape index (κ2) is 7.76. The quantitative estimate of drug-likeness (QED) is 0.456. The van der Waals surface area contributed by atoms with Gasteiger partial charge in [-0.2, -0.15) is 5.10 Å². The first-order valence-electron chi connectivity index (χ1n) is 9.93. The average molecular weight is 467 g/mol. The fourth-order valence-electron chi connectivity index (χ4n) is 3.99. The summed E-state index contributed by atoms with van der Waals surface area (Å²) in [7, 11) is 0. The minimum Gasteiger partial charge on any atom is -0.494 e. The van der Waals surface area contributed by atoms with Crippen LogP contribution in [0, 0.1) is 5.82 Å². The number of ether oxygens (including phenoxy) is 2. The second-order valence-corrected chi connectivity index (χ2v) is 8.22. The molecule has 30 heavy (non-hydrogen) atoms. The summed E-state index contributed by atoms with van der Waals surface area (Å²) in [5, 5.41) is 6.93. The molecule has 3 aromatic carbocycles. The maximum absolute atomic E-state index is 13.4. The monoisotopic (exact) mass is 466 g/mol. The maximum atomic E-state index is 13.4. The summed E-state index contributed by atoms with van der Waals surface area (Å²) in [4.78, 5) is 0. The molecule has 4 nitrogen and oxygen atoms in total. The van der Waals surface area contributed by atoms with Gasteiger partial charge in [-0.15, -0.1) is 0 Å². The summed E-state index contributed by atoms with van der Waals surface area (Å²) in [6, 6.07) is 20.6. The highest BCUT2D eigenvalue weighted by atomic mass is 79.9. The van der Waals surface area contributed by atoms with Crippen LogP contribution in [0.5, 0.6) is 11.5 Å². The Morgan fingerprint density at radius 2 is 1.87 bits per heavy atom. The normalized spacial score (nSPS) is 19.6. The number of benzene rings is 3. The molecule has 5 rings (SSSR count). The lowest BCUT2D eigenvalue weighted by atomic mass is 9.96. The van der Waals surface area contributed by atoms with Gasteiger partial charge in [-0.05, 0) is 67.1 Å². The molecule has 0 N–H and O–H groups in total. The van der Waals surface area contributed by atoms with E-state index >= 15 is 0 Å². The Bertz CT molecular complexity index is 1100. The first-order valence-corrected chi connectivity index (χ1v) is 10.7. The molecule has 0 fully saturated rings. The van der Waals surface area contributed by atoms with E-state index in [-0.39, 0.29) is 18.1 Å². The van der Waals surface area contributed by atoms with Crippen molar-refractivity contribution in [3.63, 3.8) is 0 Å². The Morgan fingerprint density at radius 3 is 2.60 bits per heavy atom. The molecular formula is C24H20BrFN2O2. The number of rotatable bonds is 4. The molecule has 0 saturated carbocycles. The van der Waals surface area contributed by atoms with E-state index < -0.39 is 0 Å². The number of hydrogen-bond acceptors (Lipinski definition) is 4. The van der Waals surface area contributed by atoms with Crippen LogP contribution in [0.25, 0.3) is 0 Å². The smallest absolute Gasteiger partial charge is 0.213 e. The van der Waals surface area contributed by atoms with Crippen molar-refractivity contribution >= 4 is 21.6 Å². The van der Waals surface area contributed by atoms with E-state index in [9.17, 15) is 4.39 Å². The van der Waals surface area contributed by atoms with E-state index in [1.54, 1.807) is 12.1 Å². The largest absolute Gasteiger partial charge is 0.494 e. The molecule has 0 amide bonds. The minimum atomic E-state index is -0.350. The van der Waals surface area contributed by atoms with Gasteiger partial charge >= 0.3 is 0 Å². The second-order valence-electron chi connectivity index (χ2n) is 7.31. The highest BCUT2D eigenvalue weighted by molar-refractivity contribution is 9.10. The highest BCUT2D eigenvalue weighted by Gasteiger charge is 2.41. The van der Waals surface area contributed by atoms with E-state index in [0.717, 1.165) is 44.8 Å². The van der Waals surface area contributed by atoms with Crippen molar-refractivity contribution in [1.29, 1.82) is 0 Å². The zero-order valence-electron chi connectivity index (χ0n) is 16.4. The molecule has 0 saturated heterocycles. The summed E-state index contributed by atoms with van der Waals surface area (Å²) < 4.78 is 26.4. The van der Waals surface area contributed by atoms with Crippen LogP contribution >= 0.6 is 15.9 Å². The molecule has 0 unspecified atom stereocenters. The molecule has 0 aromatic heterocycles. The fraction of sp³-hybridized carbons (Fsp3) is 0.208. The van der Waals surface area contributed by atoms with Gasteiger partial charge in [0.1, 0.15) is 17.3 Å². The number of halogens is 2. The van der Waals surface area contributed by atoms with Crippen molar-refractivity contribution in [2.75, 3.05) is 6.61 Å². The van der Waals surface area contributed by atoms with Gasteiger partial charge in [-0.25, -0.2) is 9.40 Å². The third-order valence-electron chi connectivity index (χ3n) is 5.41. The van der Waals surface area contributed by atoms with Crippen molar-refractivity contribution < 1.29 is 13.9 Å². The number of hydrogen-bond donors (Lipinski definition) is 0. The average Bonchev–Trinajstić information content (AvgIpc) is 3.20. The predicted octanol–water partition coefficient (Wildman–Crippen LogP) is 6.23. The molecule has 2 atom stereocenters. The van der Waals surface area contributed by atoms with Crippen LogP contribution in [0.4, 0.5) is 4.39 Å². The van der Waals surface area contributed by atoms with E-state index in [1.165, 1.54) is 12.1 Å². The summed E-state index contributed by atoms with van der Waals surface area (Å²) in [6.07, 6.45) is 0.378. The SMILES string of the molecule is CCOc1ccc([C@@H]2Oc3ccc(Br)cc3[C@@H]3CC(c4ccc(F)cc4)=NN32)cc1. The molecule has 2 aliphatic heterocycles. The van der Waals surface area contributed by atoms with Gasteiger partial charge in [0, 0.05) is 22.0 Å². The minimum absolute atomic E-state index is 0.0443. The first kappa shape index (κ1) is 19.1. The van der Waals surface area contributed by atoms with Gasteiger partial charge in [0.05, 0.1) is 18.4 Å². The Balaban J connectivity index is 1.55. The van der Waals surface area contributed by atoms with Crippen LogP contribution in [0.3, 0.4) is 0 Å². The lowest BCUT2D eigenvalue weighted by molar-refractivity contribution is -0.0191. The number of nitrogens with zero attached hydrogens (tertiary/aromatic N) is 2. The van der Waals surface area contributed by atoms with Gasteiger partial charge in [0.2, 0.25) is 6.23 Å². The van der Waals surface area contributed by atoms with Crippen molar-refractivity contribution in [2.24, 2.45) is 5.10 Å². The molecule has 0 spiro atoms. The molecule has 0 bridgehead atoms. The van der Waals surface area contributed by atoms with Gasteiger partial charge in [-0.1, -0.05) is 28.1 Å². The van der Waals surface area contributed by atoms with Crippen LogP contribution < -0.4 is 9.47 Å². The van der Waals surface area contributed by atoms with Crippen LogP contribution in [0.1, 0.15) is 42.3 Å². The van der Waals surface area contributed by atoms with Crippen LogP contribution in [-0.4, -0.2) is 17.3 Å². The molecule has 3 aromatic rings. The first-order chi connectivity index (χ1) is 14.6. The topological polar surface area (TPSA) is 34.1 Å². The Kier molecular flexibility index (Phi) is 4.95. The van der Waals surface area contributed by atoms with E-state index in [1.807, 2.05) is 48.3 Å². The summed E-state index contributed by atoms with van der Waals surface area (Å²) in [5.74, 6) is 1.43. The summed E-state index contributed by atoms with van der Waals surface area (Å²) in [5.41, 5.74) is 3.94. The van der Waals surface area contributed by atoms with Crippen LogP contribution in [0.2, 0.25) is 0 Å². The molecular weight excluding hydrogens is 447 g/mol. The molecule has 0 aliphatic carbocycles. The fourth-order valence-corrected chi connectivity index (χ4v) is 4.37. The van der Waals surface area contributed by atoms with Gasteiger partial charge < -0.3 is 9.47 Å². The highest BCUT2D eigenvalue weighted by Crippen LogP contribution is 2.48. The molecule has 0 radical (unpaired) electrons. The van der Waals surface area contributed by atoms with Crippen LogP contribution in [-0.2, 0) is 0 Å². The molecule has 6 heteroatoms.